The van der Waals surface area contributed by atoms with Gasteiger partial charge in [-0.05, 0) is 24.6 Å². The van der Waals surface area contributed by atoms with Gasteiger partial charge in [0.1, 0.15) is 0 Å². The van der Waals surface area contributed by atoms with Crippen molar-refractivity contribution in [3.8, 4) is 0 Å². The second kappa shape index (κ2) is 6.60. The zero-order valence-electron chi connectivity index (χ0n) is 12.1. The Morgan fingerprint density at radius 2 is 2.14 bits per heavy atom. The maximum Gasteiger partial charge on any atom is 0.416 e. The number of thioether (sulfide) groups is 1. The third kappa shape index (κ3) is 3.55. The van der Waals surface area contributed by atoms with Gasteiger partial charge in [0.2, 0.25) is 0 Å². The fraction of sp³-hybridized carbons (Fsp3) is 0.429. The van der Waals surface area contributed by atoms with Crippen LogP contribution >= 0.6 is 11.8 Å². The van der Waals surface area contributed by atoms with Gasteiger partial charge >= 0.3 is 12.1 Å². The molecule has 4 nitrogen and oxygen atoms in total. The summed E-state index contributed by atoms with van der Waals surface area (Å²) in [5.74, 6) is -0.341. The number of hydrogen-bond acceptors (Lipinski definition) is 4. The molecule has 2 aromatic rings. The van der Waals surface area contributed by atoms with E-state index in [1.165, 1.54) is 13.2 Å². The number of halogens is 3. The first kappa shape index (κ1) is 16.7. The molecular weight excluding hydrogens is 317 g/mol. The van der Waals surface area contributed by atoms with Gasteiger partial charge in [-0.25, -0.2) is 4.98 Å². The number of carbonyl (C=O) groups excluding carboxylic acids is 1. The molecule has 0 saturated carbocycles. The standard InChI is InChI=1S/C14H15F3N2O2S/c1-3-6-19-11-7-9(14(15,16)17)4-5-10(11)18-13(19)22-8-12(20)21-2/h4-5,7H,3,6,8H2,1-2H3. The van der Waals surface area contributed by atoms with Crippen molar-refractivity contribution in [3.05, 3.63) is 23.8 Å². The molecule has 0 N–H and O–H groups in total. The molecular formula is C14H15F3N2O2S. The van der Waals surface area contributed by atoms with E-state index in [2.05, 4.69) is 9.72 Å². The molecule has 120 valence electrons. The molecule has 0 radical (unpaired) electrons. The molecule has 1 aromatic heterocycles. The Hall–Kier alpha value is -1.70. The van der Waals surface area contributed by atoms with Gasteiger partial charge in [0.25, 0.3) is 0 Å². The summed E-state index contributed by atoms with van der Waals surface area (Å²) in [6.07, 6.45) is -3.65. The third-order valence-electron chi connectivity index (χ3n) is 3.03. The van der Waals surface area contributed by atoms with Gasteiger partial charge in [0.15, 0.2) is 5.16 Å². The molecule has 0 unspecified atom stereocenters. The fourth-order valence-corrected chi connectivity index (χ4v) is 2.88. The van der Waals surface area contributed by atoms with Crippen LogP contribution in [0.5, 0.6) is 0 Å². The summed E-state index contributed by atoms with van der Waals surface area (Å²) < 4.78 is 44.8. The number of ether oxygens (including phenoxy) is 1. The minimum atomic E-state index is -4.39. The van der Waals surface area contributed by atoms with Crippen molar-refractivity contribution >= 4 is 28.8 Å². The van der Waals surface area contributed by atoms with Crippen molar-refractivity contribution in [2.45, 2.75) is 31.2 Å². The number of esters is 1. The van der Waals surface area contributed by atoms with Crippen LogP contribution in [0.25, 0.3) is 11.0 Å². The summed E-state index contributed by atoms with van der Waals surface area (Å²) in [4.78, 5) is 15.5. The molecule has 0 saturated heterocycles. The lowest BCUT2D eigenvalue weighted by Crippen LogP contribution is -2.07. The topological polar surface area (TPSA) is 44.1 Å². The van der Waals surface area contributed by atoms with Crippen molar-refractivity contribution in [1.82, 2.24) is 9.55 Å². The lowest BCUT2D eigenvalue weighted by molar-refractivity contribution is -0.138. The van der Waals surface area contributed by atoms with E-state index in [1.807, 2.05) is 6.92 Å². The maximum atomic E-state index is 12.8. The van der Waals surface area contributed by atoms with Crippen LogP contribution in [-0.2, 0) is 22.3 Å². The number of aryl methyl sites for hydroxylation is 1. The quantitative estimate of drug-likeness (QED) is 0.618. The van der Waals surface area contributed by atoms with Crippen molar-refractivity contribution in [3.63, 3.8) is 0 Å². The van der Waals surface area contributed by atoms with E-state index in [4.69, 9.17) is 0 Å². The molecule has 22 heavy (non-hydrogen) atoms. The third-order valence-corrected chi connectivity index (χ3v) is 3.98. The van der Waals surface area contributed by atoms with Crippen LogP contribution in [0.2, 0.25) is 0 Å². The van der Waals surface area contributed by atoms with Gasteiger partial charge in [-0.1, -0.05) is 18.7 Å². The van der Waals surface area contributed by atoms with E-state index in [0.29, 0.717) is 22.7 Å². The first-order chi connectivity index (χ1) is 10.4. The van der Waals surface area contributed by atoms with Gasteiger partial charge in [-0.3, -0.25) is 4.79 Å². The highest BCUT2D eigenvalue weighted by atomic mass is 32.2. The molecule has 8 heteroatoms. The van der Waals surface area contributed by atoms with Crippen LogP contribution in [-0.4, -0.2) is 28.4 Å². The normalized spacial score (nSPS) is 11.9. The predicted molar refractivity (Wildman–Crippen MR) is 77.8 cm³/mol. The van der Waals surface area contributed by atoms with Crippen LogP contribution < -0.4 is 0 Å². The van der Waals surface area contributed by atoms with Gasteiger partial charge in [-0.2, -0.15) is 13.2 Å². The number of alkyl halides is 3. The number of rotatable bonds is 5. The zero-order chi connectivity index (χ0) is 16.3. The number of fused-ring (bicyclic) bond motifs is 1. The summed E-state index contributed by atoms with van der Waals surface area (Å²) in [6.45, 7) is 2.45. The molecule has 0 aliphatic heterocycles. The van der Waals surface area contributed by atoms with Crippen molar-refractivity contribution in [2.24, 2.45) is 0 Å². The Morgan fingerprint density at radius 3 is 2.73 bits per heavy atom. The van der Waals surface area contributed by atoms with Crippen molar-refractivity contribution < 1.29 is 22.7 Å². The predicted octanol–water partition coefficient (Wildman–Crippen LogP) is 3.73. The Bertz CT molecular complexity index is 683. The number of hydrogen-bond donors (Lipinski definition) is 0. The molecule has 0 aliphatic carbocycles. The van der Waals surface area contributed by atoms with E-state index in [-0.39, 0.29) is 5.75 Å². The van der Waals surface area contributed by atoms with Crippen molar-refractivity contribution in [2.75, 3.05) is 12.9 Å². The van der Waals surface area contributed by atoms with E-state index in [9.17, 15) is 18.0 Å². The number of methoxy groups -OCH3 is 1. The Morgan fingerprint density at radius 1 is 1.41 bits per heavy atom. The van der Waals surface area contributed by atoms with Gasteiger partial charge < -0.3 is 9.30 Å². The lowest BCUT2D eigenvalue weighted by Gasteiger charge is -2.09. The summed E-state index contributed by atoms with van der Waals surface area (Å²) in [5.41, 5.74) is 0.194. The average Bonchev–Trinajstić information content (AvgIpc) is 2.81. The van der Waals surface area contributed by atoms with Crippen LogP contribution in [0, 0.1) is 0 Å². The smallest absolute Gasteiger partial charge is 0.416 e. The molecule has 1 aromatic carbocycles. The van der Waals surface area contributed by atoms with E-state index >= 15 is 0 Å². The highest BCUT2D eigenvalue weighted by Crippen LogP contribution is 2.33. The molecule has 0 atom stereocenters. The highest BCUT2D eigenvalue weighted by Gasteiger charge is 2.31. The molecule has 0 bridgehead atoms. The zero-order valence-corrected chi connectivity index (χ0v) is 12.9. The highest BCUT2D eigenvalue weighted by molar-refractivity contribution is 7.99. The second-order valence-electron chi connectivity index (χ2n) is 4.61. The van der Waals surface area contributed by atoms with E-state index in [1.54, 1.807) is 4.57 Å². The van der Waals surface area contributed by atoms with Gasteiger partial charge in [-0.15, -0.1) is 0 Å². The molecule has 0 spiro atoms. The number of aromatic nitrogens is 2. The van der Waals surface area contributed by atoms with Gasteiger partial charge in [0, 0.05) is 6.54 Å². The number of benzene rings is 1. The van der Waals surface area contributed by atoms with E-state index < -0.39 is 17.7 Å². The minimum absolute atomic E-state index is 0.0651. The first-order valence-electron chi connectivity index (χ1n) is 6.64. The Labute approximate surface area is 129 Å². The Kier molecular flexibility index (Phi) is 5.00. The number of nitrogens with zero attached hydrogens (tertiary/aromatic N) is 2. The summed E-state index contributed by atoms with van der Waals surface area (Å²) in [5, 5.41) is 0.515. The summed E-state index contributed by atoms with van der Waals surface area (Å²) in [6, 6.07) is 3.47. The van der Waals surface area contributed by atoms with Crippen LogP contribution in [0.1, 0.15) is 18.9 Å². The molecule has 0 aliphatic rings. The fourth-order valence-electron chi connectivity index (χ4n) is 2.01. The van der Waals surface area contributed by atoms with Crippen LogP contribution in [0.3, 0.4) is 0 Å². The van der Waals surface area contributed by atoms with E-state index in [0.717, 1.165) is 30.3 Å². The molecule has 0 fully saturated rings. The summed E-state index contributed by atoms with van der Waals surface area (Å²) in [7, 11) is 1.29. The first-order valence-corrected chi connectivity index (χ1v) is 7.62. The summed E-state index contributed by atoms with van der Waals surface area (Å²) >= 11 is 1.15. The maximum absolute atomic E-state index is 12.8. The van der Waals surface area contributed by atoms with Gasteiger partial charge in [0.05, 0.1) is 29.5 Å². The lowest BCUT2D eigenvalue weighted by atomic mass is 10.2. The van der Waals surface area contributed by atoms with Crippen molar-refractivity contribution in [1.29, 1.82) is 0 Å². The largest absolute Gasteiger partial charge is 0.468 e. The number of imidazole rings is 1. The second-order valence-corrected chi connectivity index (χ2v) is 5.55. The number of carbonyl (C=O) groups is 1. The molecule has 2 rings (SSSR count). The average molecular weight is 332 g/mol. The molecule has 0 amide bonds. The monoisotopic (exact) mass is 332 g/mol. The van der Waals surface area contributed by atoms with Crippen LogP contribution in [0.15, 0.2) is 23.4 Å². The van der Waals surface area contributed by atoms with Crippen LogP contribution in [0.4, 0.5) is 13.2 Å². The molecule has 1 heterocycles. The SMILES string of the molecule is CCCn1c(SCC(=O)OC)nc2ccc(C(F)(F)F)cc21. The minimum Gasteiger partial charge on any atom is -0.468 e. The Balaban J connectivity index is 2.44.